The maximum Gasteiger partial charge on any atom is 0.117 e. The minimum atomic E-state index is 0.229. The SMILES string of the molecule is CC1=C(C)C(c2ccccc2)C(C)=C(C#N)N1. The van der Waals surface area contributed by atoms with Crippen LogP contribution in [0.3, 0.4) is 0 Å². The number of nitrogens with one attached hydrogen (secondary N) is 1. The van der Waals surface area contributed by atoms with Gasteiger partial charge in [-0.3, -0.25) is 0 Å². The maximum absolute atomic E-state index is 9.14. The van der Waals surface area contributed by atoms with E-state index in [0.29, 0.717) is 5.70 Å². The van der Waals surface area contributed by atoms with Crippen LogP contribution in [0.25, 0.3) is 0 Å². The normalized spacial score (nSPS) is 20.0. The summed E-state index contributed by atoms with van der Waals surface area (Å²) in [6.07, 6.45) is 0. The number of nitriles is 1. The standard InChI is InChI=1S/C15H16N2/c1-10-12(3)17-14(9-16)11(2)15(10)13-7-5-4-6-8-13/h4-8,15,17H,1-3H3. The van der Waals surface area contributed by atoms with E-state index >= 15 is 0 Å². The largest absolute Gasteiger partial charge is 0.351 e. The summed E-state index contributed by atoms with van der Waals surface area (Å²) >= 11 is 0. The summed E-state index contributed by atoms with van der Waals surface area (Å²) in [7, 11) is 0. The molecule has 0 aromatic heterocycles. The van der Waals surface area contributed by atoms with Crippen molar-refractivity contribution in [1.29, 1.82) is 5.26 Å². The fraction of sp³-hybridized carbons (Fsp3) is 0.267. The number of benzene rings is 1. The van der Waals surface area contributed by atoms with Crippen molar-refractivity contribution in [2.24, 2.45) is 0 Å². The van der Waals surface area contributed by atoms with Crippen molar-refractivity contribution in [2.45, 2.75) is 26.7 Å². The van der Waals surface area contributed by atoms with Crippen LogP contribution in [-0.2, 0) is 0 Å². The Labute approximate surface area is 102 Å². The Kier molecular flexibility index (Phi) is 3.01. The summed E-state index contributed by atoms with van der Waals surface area (Å²) in [6, 6.07) is 12.6. The van der Waals surface area contributed by atoms with Crippen molar-refractivity contribution in [3.05, 3.63) is 58.4 Å². The summed E-state index contributed by atoms with van der Waals surface area (Å²) < 4.78 is 0. The molecule has 86 valence electrons. The third kappa shape index (κ3) is 1.97. The van der Waals surface area contributed by atoms with Gasteiger partial charge in [-0.15, -0.1) is 0 Å². The molecule has 1 unspecified atom stereocenters. The molecule has 2 heteroatoms. The lowest BCUT2D eigenvalue weighted by Gasteiger charge is -2.28. The molecule has 0 spiro atoms. The lowest BCUT2D eigenvalue weighted by Crippen LogP contribution is -2.22. The van der Waals surface area contributed by atoms with Crippen molar-refractivity contribution in [3.8, 4) is 6.07 Å². The number of hydrogen-bond donors (Lipinski definition) is 1. The number of nitrogens with zero attached hydrogens (tertiary/aromatic N) is 1. The van der Waals surface area contributed by atoms with Gasteiger partial charge in [0.25, 0.3) is 0 Å². The molecule has 2 nitrogen and oxygen atoms in total. The molecule has 0 saturated heterocycles. The first-order chi connectivity index (χ1) is 8.15. The van der Waals surface area contributed by atoms with Crippen LogP contribution in [0.1, 0.15) is 32.3 Å². The molecule has 1 atom stereocenters. The predicted octanol–water partition coefficient (Wildman–Crippen LogP) is 3.46. The quantitative estimate of drug-likeness (QED) is 0.793. The minimum absolute atomic E-state index is 0.229. The van der Waals surface area contributed by atoms with Gasteiger partial charge in [0.05, 0.1) is 0 Å². The zero-order valence-corrected chi connectivity index (χ0v) is 10.4. The van der Waals surface area contributed by atoms with E-state index in [1.54, 1.807) is 0 Å². The van der Waals surface area contributed by atoms with Crippen molar-refractivity contribution >= 4 is 0 Å². The third-order valence-electron chi connectivity index (χ3n) is 3.41. The van der Waals surface area contributed by atoms with Crippen molar-refractivity contribution in [3.63, 3.8) is 0 Å². The molecule has 1 aliphatic rings. The minimum Gasteiger partial charge on any atom is -0.351 e. The van der Waals surface area contributed by atoms with Gasteiger partial charge < -0.3 is 5.32 Å². The molecular weight excluding hydrogens is 208 g/mol. The van der Waals surface area contributed by atoms with Crippen molar-refractivity contribution in [1.82, 2.24) is 5.32 Å². The van der Waals surface area contributed by atoms with E-state index in [0.717, 1.165) is 11.3 Å². The van der Waals surface area contributed by atoms with Crippen LogP contribution in [0, 0.1) is 11.3 Å². The van der Waals surface area contributed by atoms with E-state index in [4.69, 9.17) is 5.26 Å². The highest BCUT2D eigenvalue weighted by Gasteiger charge is 2.24. The molecule has 0 bridgehead atoms. The topological polar surface area (TPSA) is 35.8 Å². The lowest BCUT2D eigenvalue weighted by atomic mass is 9.82. The zero-order valence-electron chi connectivity index (χ0n) is 10.4. The van der Waals surface area contributed by atoms with E-state index in [-0.39, 0.29) is 5.92 Å². The van der Waals surface area contributed by atoms with Gasteiger partial charge in [0.15, 0.2) is 0 Å². The molecule has 0 radical (unpaired) electrons. The Morgan fingerprint density at radius 3 is 2.29 bits per heavy atom. The fourth-order valence-corrected chi connectivity index (χ4v) is 2.33. The highest BCUT2D eigenvalue weighted by molar-refractivity contribution is 5.47. The molecule has 2 rings (SSSR count). The van der Waals surface area contributed by atoms with Crippen LogP contribution in [0.15, 0.2) is 52.9 Å². The first-order valence-electron chi connectivity index (χ1n) is 5.75. The highest BCUT2D eigenvalue weighted by atomic mass is 14.9. The molecule has 1 aliphatic heterocycles. The van der Waals surface area contributed by atoms with Gasteiger partial charge in [-0.05, 0) is 37.5 Å². The van der Waals surface area contributed by atoms with Crippen LogP contribution in [0.4, 0.5) is 0 Å². The Morgan fingerprint density at radius 1 is 1.06 bits per heavy atom. The molecular formula is C15H16N2. The number of hydrogen-bond acceptors (Lipinski definition) is 2. The monoisotopic (exact) mass is 224 g/mol. The predicted molar refractivity (Wildman–Crippen MR) is 69.0 cm³/mol. The average Bonchev–Trinajstić information content (AvgIpc) is 2.35. The average molecular weight is 224 g/mol. The second-order valence-electron chi connectivity index (χ2n) is 4.45. The second-order valence-corrected chi connectivity index (χ2v) is 4.45. The number of dihydropyridines is 1. The summed E-state index contributed by atoms with van der Waals surface area (Å²) in [5, 5.41) is 12.3. The maximum atomic E-state index is 9.14. The van der Waals surface area contributed by atoms with Gasteiger partial charge in [0.2, 0.25) is 0 Å². The summed E-state index contributed by atoms with van der Waals surface area (Å²) in [5.41, 5.74) is 5.40. The summed E-state index contributed by atoms with van der Waals surface area (Å²) in [6.45, 7) is 6.17. The molecule has 1 aromatic rings. The van der Waals surface area contributed by atoms with Crippen LogP contribution >= 0.6 is 0 Å². The molecule has 0 saturated carbocycles. The molecule has 17 heavy (non-hydrogen) atoms. The fourth-order valence-electron chi connectivity index (χ4n) is 2.33. The Bertz CT molecular complexity index is 530. The van der Waals surface area contributed by atoms with Gasteiger partial charge in [0, 0.05) is 11.6 Å². The molecule has 0 amide bonds. The van der Waals surface area contributed by atoms with E-state index in [2.05, 4.69) is 30.4 Å². The molecule has 1 N–H and O–H groups in total. The number of allylic oxidation sites excluding steroid dienone is 4. The lowest BCUT2D eigenvalue weighted by molar-refractivity contribution is 0.791. The van der Waals surface area contributed by atoms with E-state index < -0.39 is 0 Å². The van der Waals surface area contributed by atoms with Gasteiger partial charge in [-0.1, -0.05) is 30.3 Å². The Hall–Kier alpha value is -2.01. The van der Waals surface area contributed by atoms with Gasteiger partial charge >= 0.3 is 0 Å². The molecule has 1 heterocycles. The Morgan fingerprint density at radius 2 is 1.71 bits per heavy atom. The van der Waals surface area contributed by atoms with Gasteiger partial charge in [-0.25, -0.2) is 0 Å². The molecule has 0 aliphatic carbocycles. The smallest absolute Gasteiger partial charge is 0.117 e. The molecule has 1 aromatic carbocycles. The van der Waals surface area contributed by atoms with Crippen LogP contribution in [0.2, 0.25) is 0 Å². The highest BCUT2D eigenvalue weighted by Crippen LogP contribution is 2.36. The van der Waals surface area contributed by atoms with Crippen LogP contribution < -0.4 is 5.32 Å². The Balaban J connectivity index is 2.54. The first kappa shape index (κ1) is 11.5. The number of rotatable bonds is 1. The van der Waals surface area contributed by atoms with Crippen molar-refractivity contribution < 1.29 is 0 Å². The van der Waals surface area contributed by atoms with Crippen LogP contribution in [-0.4, -0.2) is 0 Å². The van der Waals surface area contributed by atoms with E-state index in [9.17, 15) is 0 Å². The van der Waals surface area contributed by atoms with E-state index in [1.807, 2.05) is 32.0 Å². The zero-order chi connectivity index (χ0) is 12.4. The first-order valence-corrected chi connectivity index (χ1v) is 5.75. The van der Waals surface area contributed by atoms with Gasteiger partial charge in [0.1, 0.15) is 11.8 Å². The van der Waals surface area contributed by atoms with Crippen LogP contribution in [0.5, 0.6) is 0 Å². The molecule has 0 fully saturated rings. The van der Waals surface area contributed by atoms with E-state index in [1.165, 1.54) is 11.1 Å². The van der Waals surface area contributed by atoms with Crippen molar-refractivity contribution in [2.75, 3.05) is 0 Å². The van der Waals surface area contributed by atoms with Gasteiger partial charge in [-0.2, -0.15) is 5.26 Å². The third-order valence-corrected chi connectivity index (χ3v) is 3.41. The summed E-state index contributed by atoms with van der Waals surface area (Å²) in [5.74, 6) is 0.229. The second kappa shape index (κ2) is 4.47. The summed E-state index contributed by atoms with van der Waals surface area (Å²) in [4.78, 5) is 0.